The maximum Gasteiger partial charge on any atom is 0.179 e. The molecular formula is C12H11N3O2S. The number of nitrogens with two attached hydrogens (primary N) is 1. The fourth-order valence-corrected chi connectivity index (χ4v) is 2.39. The van der Waals surface area contributed by atoms with Crippen LogP contribution in [-0.2, 0) is 6.42 Å². The minimum Gasteiger partial charge on any atom is -0.491 e. The van der Waals surface area contributed by atoms with Crippen LogP contribution >= 0.6 is 11.3 Å². The highest BCUT2D eigenvalue weighted by molar-refractivity contribution is 7.09. The number of aromatic nitrogens is 2. The summed E-state index contributed by atoms with van der Waals surface area (Å²) >= 11 is 1.72. The highest BCUT2D eigenvalue weighted by Gasteiger charge is 2.10. The predicted molar refractivity (Wildman–Crippen MR) is 69.7 cm³/mol. The zero-order valence-corrected chi connectivity index (χ0v) is 10.3. The maximum atomic E-state index is 5.76. The molecule has 2 heterocycles. The molecule has 0 aliphatic carbocycles. The second kappa shape index (κ2) is 4.66. The van der Waals surface area contributed by atoms with Gasteiger partial charge >= 0.3 is 0 Å². The average molecular weight is 261 g/mol. The maximum absolute atomic E-state index is 5.76. The van der Waals surface area contributed by atoms with Crippen molar-refractivity contribution in [2.24, 2.45) is 0 Å². The van der Waals surface area contributed by atoms with E-state index < -0.39 is 0 Å². The molecule has 18 heavy (non-hydrogen) atoms. The monoisotopic (exact) mass is 261 g/mol. The van der Waals surface area contributed by atoms with E-state index in [0.29, 0.717) is 29.1 Å². The molecule has 3 aromatic rings. The van der Waals surface area contributed by atoms with Crippen LogP contribution in [0.5, 0.6) is 5.75 Å². The van der Waals surface area contributed by atoms with Crippen LogP contribution in [0.15, 0.2) is 34.3 Å². The Morgan fingerprint density at radius 1 is 1.22 bits per heavy atom. The topological polar surface area (TPSA) is 74.2 Å². The Hall–Kier alpha value is -2.08. The molecule has 0 amide bonds. The van der Waals surface area contributed by atoms with Crippen molar-refractivity contribution in [3.05, 3.63) is 34.5 Å². The molecule has 0 spiro atoms. The molecular weight excluding hydrogens is 250 g/mol. The zero-order chi connectivity index (χ0) is 12.4. The molecule has 0 radical (unpaired) electrons. The molecule has 0 unspecified atom stereocenters. The number of benzene rings is 1. The van der Waals surface area contributed by atoms with E-state index in [4.69, 9.17) is 10.5 Å². The number of fused-ring (bicyclic) bond motifs is 1. The lowest BCUT2D eigenvalue weighted by atomic mass is 10.2. The third-order valence-electron chi connectivity index (χ3n) is 2.60. The van der Waals surface area contributed by atoms with Gasteiger partial charge in [0.25, 0.3) is 0 Å². The smallest absolute Gasteiger partial charge is 0.179 e. The minimum atomic E-state index is 0.539. The van der Waals surface area contributed by atoms with Crippen molar-refractivity contribution in [1.82, 2.24) is 10.3 Å². The van der Waals surface area contributed by atoms with E-state index in [9.17, 15) is 0 Å². The van der Waals surface area contributed by atoms with Gasteiger partial charge in [0, 0.05) is 11.3 Å². The molecule has 92 valence electrons. The van der Waals surface area contributed by atoms with Gasteiger partial charge in [-0.05, 0) is 33.9 Å². The standard InChI is InChI=1S/C12H11N3O2S/c13-9-3-4-10(12-11(9)14-17-15-12)16-6-5-8-2-1-7-18-8/h1-4,7H,5-6,13H2. The van der Waals surface area contributed by atoms with Crippen LogP contribution in [0.1, 0.15) is 4.88 Å². The Morgan fingerprint density at radius 3 is 2.94 bits per heavy atom. The van der Waals surface area contributed by atoms with Gasteiger partial charge in [0.15, 0.2) is 16.8 Å². The Balaban J connectivity index is 1.75. The Bertz CT molecular complexity index is 648. The first-order chi connectivity index (χ1) is 8.84. The summed E-state index contributed by atoms with van der Waals surface area (Å²) in [7, 11) is 0. The van der Waals surface area contributed by atoms with Crippen molar-refractivity contribution >= 4 is 28.1 Å². The summed E-state index contributed by atoms with van der Waals surface area (Å²) in [6.45, 7) is 0.590. The zero-order valence-electron chi connectivity index (χ0n) is 9.50. The third-order valence-corrected chi connectivity index (χ3v) is 3.53. The molecule has 1 aromatic carbocycles. The summed E-state index contributed by atoms with van der Waals surface area (Å²) in [6.07, 6.45) is 0.870. The van der Waals surface area contributed by atoms with Gasteiger partial charge in [-0.1, -0.05) is 6.07 Å². The van der Waals surface area contributed by atoms with Crippen LogP contribution in [0.25, 0.3) is 11.0 Å². The van der Waals surface area contributed by atoms with E-state index in [2.05, 4.69) is 26.4 Å². The molecule has 0 fully saturated rings. The summed E-state index contributed by atoms with van der Waals surface area (Å²) in [4.78, 5) is 1.29. The van der Waals surface area contributed by atoms with Crippen LogP contribution in [0.4, 0.5) is 5.69 Å². The summed E-state index contributed by atoms with van der Waals surface area (Å²) in [5.41, 5.74) is 7.41. The minimum absolute atomic E-state index is 0.539. The third kappa shape index (κ3) is 2.02. The molecule has 0 bridgehead atoms. The molecule has 5 nitrogen and oxygen atoms in total. The second-order valence-corrected chi connectivity index (χ2v) is 4.82. The number of nitrogens with zero attached hydrogens (tertiary/aromatic N) is 2. The molecule has 0 saturated carbocycles. The van der Waals surface area contributed by atoms with Gasteiger partial charge < -0.3 is 10.5 Å². The fourth-order valence-electron chi connectivity index (χ4n) is 1.70. The predicted octanol–water partition coefficient (Wildman–Crippen LogP) is 2.49. The van der Waals surface area contributed by atoms with Gasteiger partial charge in [0.05, 0.1) is 12.3 Å². The van der Waals surface area contributed by atoms with Crippen molar-refractivity contribution in [1.29, 1.82) is 0 Å². The summed E-state index contributed by atoms with van der Waals surface area (Å²) < 4.78 is 10.4. The summed E-state index contributed by atoms with van der Waals surface area (Å²) in [5, 5.41) is 9.61. The first-order valence-corrected chi connectivity index (χ1v) is 6.38. The van der Waals surface area contributed by atoms with Gasteiger partial charge in [-0.3, -0.25) is 0 Å². The van der Waals surface area contributed by atoms with Crippen molar-refractivity contribution in [3.8, 4) is 5.75 Å². The summed E-state index contributed by atoms with van der Waals surface area (Å²) in [5.74, 6) is 0.650. The van der Waals surface area contributed by atoms with Crippen molar-refractivity contribution in [3.63, 3.8) is 0 Å². The molecule has 3 rings (SSSR count). The lowest BCUT2D eigenvalue weighted by molar-refractivity contribution is 0.307. The Labute approximate surface area is 107 Å². The van der Waals surface area contributed by atoms with E-state index in [1.54, 1.807) is 23.5 Å². The lowest BCUT2D eigenvalue weighted by Gasteiger charge is -2.05. The van der Waals surface area contributed by atoms with E-state index in [0.717, 1.165) is 6.42 Å². The first-order valence-electron chi connectivity index (χ1n) is 5.50. The number of ether oxygens (including phenoxy) is 1. The molecule has 0 aliphatic rings. The fraction of sp³-hybridized carbons (Fsp3) is 0.167. The quantitative estimate of drug-likeness (QED) is 0.730. The van der Waals surface area contributed by atoms with Crippen LogP contribution < -0.4 is 10.5 Å². The van der Waals surface area contributed by atoms with Gasteiger partial charge in [0.2, 0.25) is 0 Å². The number of anilines is 1. The van der Waals surface area contributed by atoms with Gasteiger partial charge in [-0.15, -0.1) is 11.3 Å². The van der Waals surface area contributed by atoms with Gasteiger partial charge in [-0.25, -0.2) is 4.63 Å². The van der Waals surface area contributed by atoms with Crippen LogP contribution in [0.2, 0.25) is 0 Å². The van der Waals surface area contributed by atoms with E-state index in [-0.39, 0.29) is 0 Å². The number of hydrogen-bond donors (Lipinski definition) is 1. The van der Waals surface area contributed by atoms with Gasteiger partial charge in [-0.2, -0.15) is 0 Å². The largest absolute Gasteiger partial charge is 0.491 e. The highest BCUT2D eigenvalue weighted by atomic mass is 32.1. The van der Waals surface area contributed by atoms with Crippen molar-refractivity contribution in [2.45, 2.75) is 6.42 Å². The molecule has 2 N–H and O–H groups in total. The van der Waals surface area contributed by atoms with Crippen LogP contribution in [0.3, 0.4) is 0 Å². The number of thiophene rings is 1. The average Bonchev–Trinajstić information content (AvgIpc) is 3.02. The molecule has 0 saturated heterocycles. The Morgan fingerprint density at radius 2 is 2.11 bits per heavy atom. The van der Waals surface area contributed by atoms with Gasteiger partial charge in [0.1, 0.15) is 0 Å². The molecule has 0 atom stereocenters. The molecule has 2 aromatic heterocycles. The van der Waals surface area contributed by atoms with E-state index >= 15 is 0 Å². The SMILES string of the molecule is Nc1ccc(OCCc2cccs2)c2nonc12. The first kappa shape index (κ1) is 11.0. The van der Waals surface area contributed by atoms with Crippen molar-refractivity contribution in [2.75, 3.05) is 12.3 Å². The Kier molecular flexibility index (Phi) is 2.85. The second-order valence-electron chi connectivity index (χ2n) is 3.79. The lowest BCUT2D eigenvalue weighted by Crippen LogP contribution is -2.01. The van der Waals surface area contributed by atoms with Crippen molar-refractivity contribution < 1.29 is 9.37 Å². The van der Waals surface area contributed by atoms with E-state index in [1.807, 2.05) is 6.07 Å². The van der Waals surface area contributed by atoms with Crippen LogP contribution in [-0.4, -0.2) is 16.9 Å². The summed E-state index contributed by atoms with van der Waals surface area (Å²) in [6, 6.07) is 7.65. The number of hydrogen-bond acceptors (Lipinski definition) is 6. The molecule has 6 heteroatoms. The molecule has 0 aliphatic heterocycles. The number of nitrogen functional groups attached to an aromatic ring is 1. The highest BCUT2D eigenvalue weighted by Crippen LogP contribution is 2.27. The van der Waals surface area contributed by atoms with E-state index in [1.165, 1.54) is 4.88 Å². The normalized spacial score (nSPS) is 10.9. The number of rotatable bonds is 4. The van der Waals surface area contributed by atoms with Crippen LogP contribution in [0, 0.1) is 0 Å².